The molecule has 0 aliphatic carbocycles. The van der Waals surface area contributed by atoms with Crippen LogP contribution in [-0.2, 0) is 11.3 Å². The number of nitrogens with one attached hydrogen (secondary N) is 4. The van der Waals surface area contributed by atoms with Crippen LogP contribution in [0.5, 0.6) is 5.75 Å². The van der Waals surface area contributed by atoms with E-state index in [1.807, 2.05) is 50.5 Å². The third kappa shape index (κ3) is 5.74. The number of halogens is 1. The van der Waals surface area contributed by atoms with Gasteiger partial charge in [0.1, 0.15) is 29.8 Å². The fourth-order valence-electron chi connectivity index (χ4n) is 3.19. The second-order valence-corrected chi connectivity index (χ2v) is 9.40. The fraction of sp³-hybridized carbons (Fsp3) is 0.261. The molecule has 4 N–H and O–H groups in total. The fourth-order valence-corrected chi connectivity index (χ4v) is 3.95. The highest BCUT2D eigenvalue weighted by Gasteiger charge is 2.26. The molecule has 0 saturated carbocycles. The molecule has 33 heavy (non-hydrogen) atoms. The first kappa shape index (κ1) is 22.9. The van der Waals surface area contributed by atoms with Gasteiger partial charge in [0.05, 0.1) is 10.6 Å². The van der Waals surface area contributed by atoms with Crippen molar-refractivity contribution in [3.8, 4) is 5.75 Å². The molecule has 0 atom stereocenters. The molecule has 8 nitrogen and oxygen atoms in total. The molecule has 10 heteroatoms. The number of amidine groups is 2. The highest BCUT2D eigenvalue weighted by atomic mass is 35.5. The molecule has 0 radical (unpaired) electrons. The molecule has 0 unspecified atom stereocenters. The first-order valence-corrected chi connectivity index (χ1v) is 11.6. The van der Waals surface area contributed by atoms with Crippen molar-refractivity contribution in [3.05, 3.63) is 63.6 Å². The van der Waals surface area contributed by atoms with Crippen molar-refractivity contribution in [3.63, 3.8) is 0 Å². The Balaban J connectivity index is 1.46. The molecule has 3 aromatic rings. The molecule has 0 bridgehead atoms. The molecule has 1 aromatic heterocycles. The van der Waals surface area contributed by atoms with Crippen LogP contribution in [0, 0.1) is 5.41 Å². The van der Waals surface area contributed by atoms with Gasteiger partial charge in [0.2, 0.25) is 0 Å². The van der Waals surface area contributed by atoms with Crippen LogP contribution in [0.15, 0.2) is 53.0 Å². The molecular formula is C23H25ClN6O2S. The van der Waals surface area contributed by atoms with Gasteiger partial charge in [0.15, 0.2) is 0 Å². The maximum absolute atomic E-state index is 8.63. The quantitative estimate of drug-likeness (QED) is 0.263. The van der Waals surface area contributed by atoms with E-state index in [1.54, 1.807) is 18.3 Å². The van der Waals surface area contributed by atoms with Gasteiger partial charge in [-0.3, -0.25) is 5.41 Å². The van der Waals surface area contributed by atoms with Crippen molar-refractivity contribution in [1.29, 1.82) is 5.41 Å². The van der Waals surface area contributed by atoms with Gasteiger partial charge in [-0.1, -0.05) is 11.6 Å². The largest absolute Gasteiger partial charge is 0.485 e. The predicted octanol–water partition coefficient (Wildman–Crippen LogP) is 5.43. The Bertz CT molecular complexity index is 1180. The van der Waals surface area contributed by atoms with E-state index in [0.717, 1.165) is 16.4 Å². The van der Waals surface area contributed by atoms with Crippen LogP contribution in [-0.4, -0.2) is 36.0 Å². The maximum atomic E-state index is 8.63. The number of anilines is 3. The number of thiazole rings is 1. The maximum Gasteiger partial charge on any atom is 0.289 e. The smallest absolute Gasteiger partial charge is 0.289 e. The Kier molecular flexibility index (Phi) is 6.71. The van der Waals surface area contributed by atoms with Crippen molar-refractivity contribution in [2.75, 3.05) is 29.6 Å². The highest BCUT2D eigenvalue weighted by molar-refractivity contribution is 7.09. The lowest BCUT2D eigenvalue weighted by atomic mass is 10.1. The molecule has 4 rings (SSSR count). The van der Waals surface area contributed by atoms with Gasteiger partial charge in [-0.15, -0.1) is 11.3 Å². The first-order chi connectivity index (χ1) is 15.8. The molecule has 0 saturated heterocycles. The minimum atomic E-state index is -0.250. The molecule has 2 heterocycles. The van der Waals surface area contributed by atoms with Crippen LogP contribution >= 0.6 is 22.9 Å². The summed E-state index contributed by atoms with van der Waals surface area (Å²) in [6, 6.07) is 11.5. The number of benzene rings is 2. The molecule has 1 aliphatic heterocycles. The van der Waals surface area contributed by atoms with E-state index < -0.39 is 0 Å². The van der Waals surface area contributed by atoms with Crippen molar-refractivity contribution in [2.45, 2.75) is 26.0 Å². The summed E-state index contributed by atoms with van der Waals surface area (Å²) in [4.78, 5) is 8.72. The molecule has 1 aliphatic rings. The van der Waals surface area contributed by atoms with Gasteiger partial charge < -0.3 is 25.4 Å². The van der Waals surface area contributed by atoms with Crippen LogP contribution in [0.2, 0.25) is 5.02 Å². The second kappa shape index (κ2) is 9.68. The summed E-state index contributed by atoms with van der Waals surface area (Å²) in [6.07, 6.45) is 1.74. The van der Waals surface area contributed by atoms with Crippen LogP contribution in [0.3, 0.4) is 0 Å². The standard InChI is InChI=1S/C23H25ClN6O2S/c1-23(2)13-32-22(30-23)29-14-4-6-18(26-3)16(10-14)21(25)28-15-5-7-19(17(24)11-15)31-12-20-27-8-9-33-20/h4-11,26H,12-13H2,1-3H3,(H2,25,28)(H,29,30). The van der Waals surface area contributed by atoms with E-state index in [0.29, 0.717) is 41.3 Å². The summed E-state index contributed by atoms with van der Waals surface area (Å²) < 4.78 is 11.4. The van der Waals surface area contributed by atoms with Crippen molar-refractivity contribution in [2.24, 2.45) is 4.99 Å². The van der Waals surface area contributed by atoms with Gasteiger partial charge in [-0.2, -0.15) is 0 Å². The number of hydrogen-bond donors (Lipinski definition) is 4. The van der Waals surface area contributed by atoms with Gasteiger partial charge in [-0.05, 0) is 50.2 Å². The molecule has 0 spiro atoms. The first-order valence-electron chi connectivity index (χ1n) is 10.3. The van der Waals surface area contributed by atoms with E-state index in [1.165, 1.54) is 11.3 Å². The molecule has 0 fully saturated rings. The predicted molar refractivity (Wildman–Crippen MR) is 135 cm³/mol. The van der Waals surface area contributed by atoms with Crippen molar-refractivity contribution >= 4 is 51.9 Å². The zero-order valence-electron chi connectivity index (χ0n) is 18.5. The summed E-state index contributed by atoms with van der Waals surface area (Å²) in [5.41, 5.74) is 2.69. The Labute approximate surface area is 201 Å². The Hall–Kier alpha value is -3.30. The average Bonchev–Trinajstić information content (AvgIpc) is 3.42. The summed E-state index contributed by atoms with van der Waals surface area (Å²) in [6.45, 7) is 4.91. The van der Waals surface area contributed by atoms with E-state index in [9.17, 15) is 0 Å². The lowest BCUT2D eigenvalue weighted by Gasteiger charge is -2.15. The third-order valence-corrected chi connectivity index (χ3v) is 5.86. The second-order valence-electron chi connectivity index (χ2n) is 8.01. The van der Waals surface area contributed by atoms with Crippen LogP contribution in [0.1, 0.15) is 24.4 Å². The number of aromatic nitrogens is 1. The van der Waals surface area contributed by atoms with Gasteiger partial charge in [-0.25, -0.2) is 9.98 Å². The van der Waals surface area contributed by atoms with E-state index >= 15 is 0 Å². The highest BCUT2D eigenvalue weighted by Crippen LogP contribution is 2.30. The Morgan fingerprint density at radius 1 is 1.24 bits per heavy atom. The molecule has 172 valence electrons. The van der Waals surface area contributed by atoms with Crippen LogP contribution in [0.4, 0.5) is 17.1 Å². The minimum absolute atomic E-state index is 0.213. The van der Waals surface area contributed by atoms with Crippen LogP contribution in [0.25, 0.3) is 0 Å². The zero-order valence-corrected chi connectivity index (χ0v) is 20.1. The van der Waals surface area contributed by atoms with E-state index in [4.69, 9.17) is 26.5 Å². The monoisotopic (exact) mass is 484 g/mol. The molecular weight excluding hydrogens is 460 g/mol. The summed E-state index contributed by atoms with van der Waals surface area (Å²) in [7, 11) is 1.82. The zero-order chi connectivity index (χ0) is 23.4. The van der Waals surface area contributed by atoms with Crippen molar-refractivity contribution < 1.29 is 9.47 Å². The average molecular weight is 485 g/mol. The number of rotatable bonds is 7. The number of ether oxygens (including phenoxy) is 2. The SMILES string of the molecule is CNc1ccc(NC2=NC(C)(C)CO2)cc1C(=N)Nc1ccc(OCc2nccs2)c(Cl)c1. The van der Waals surface area contributed by atoms with Gasteiger partial charge >= 0.3 is 0 Å². The number of aliphatic imine (C=N–C) groups is 1. The number of nitrogens with zero attached hydrogens (tertiary/aromatic N) is 2. The van der Waals surface area contributed by atoms with E-state index in [2.05, 4.69) is 25.9 Å². The normalized spacial score (nSPS) is 14.2. The lowest BCUT2D eigenvalue weighted by molar-refractivity contribution is 0.278. The summed E-state index contributed by atoms with van der Waals surface area (Å²) >= 11 is 7.92. The summed E-state index contributed by atoms with van der Waals surface area (Å²) in [5.74, 6) is 0.774. The van der Waals surface area contributed by atoms with Gasteiger partial charge in [0.25, 0.3) is 6.02 Å². The summed E-state index contributed by atoms with van der Waals surface area (Å²) in [5, 5.41) is 21.3. The minimum Gasteiger partial charge on any atom is -0.485 e. The number of hydrogen-bond acceptors (Lipinski definition) is 8. The molecule has 0 amide bonds. The Morgan fingerprint density at radius 3 is 2.73 bits per heavy atom. The van der Waals surface area contributed by atoms with E-state index in [-0.39, 0.29) is 11.4 Å². The Morgan fingerprint density at radius 2 is 2.06 bits per heavy atom. The van der Waals surface area contributed by atoms with Crippen LogP contribution < -0.4 is 20.7 Å². The van der Waals surface area contributed by atoms with Gasteiger partial charge in [0, 0.05) is 41.3 Å². The molecule has 2 aromatic carbocycles. The van der Waals surface area contributed by atoms with Crippen molar-refractivity contribution in [1.82, 2.24) is 4.98 Å². The lowest BCUT2D eigenvalue weighted by Crippen LogP contribution is -2.17. The topological polar surface area (TPSA) is 104 Å². The third-order valence-electron chi connectivity index (χ3n) is 4.81.